The molecule has 3 nitrogen and oxygen atoms in total. The first-order chi connectivity index (χ1) is 15.2. The Kier molecular flexibility index (Phi) is 23.9. The van der Waals surface area contributed by atoms with Gasteiger partial charge in [-0.1, -0.05) is 96.8 Å². The number of aldehydes is 1. The average Bonchev–Trinajstić information content (AvgIpc) is 2.77. The predicted molar refractivity (Wildman–Crippen MR) is 137 cm³/mol. The second-order valence-corrected chi connectivity index (χ2v) is 10.2. The molecule has 0 bridgehead atoms. The highest BCUT2D eigenvalue weighted by Gasteiger charge is 2.19. The summed E-state index contributed by atoms with van der Waals surface area (Å²) >= 11 is 0. The molecule has 0 aromatic carbocycles. The van der Waals surface area contributed by atoms with Crippen molar-refractivity contribution in [3.63, 3.8) is 0 Å². The van der Waals surface area contributed by atoms with Crippen molar-refractivity contribution in [2.24, 2.45) is 0 Å². The van der Waals surface area contributed by atoms with E-state index >= 15 is 0 Å². The van der Waals surface area contributed by atoms with Crippen LogP contribution in [0.15, 0.2) is 0 Å². The van der Waals surface area contributed by atoms with Crippen LogP contribution in [0.5, 0.6) is 0 Å². The zero-order valence-electron chi connectivity index (χ0n) is 21.6. The number of unbranched alkanes of at least 4 members (excludes halogenated alkanes) is 18. The Bertz CT molecular complexity index is 361. The highest BCUT2D eigenvalue weighted by atomic mass is 16.3. The Balaban J connectivity index is 3.64. The Labute approximate surface area is 196 Å². The van der Waals surface area contributed by atoms with E-state index in [2.05, 4.69) is 14.0 Å². The van der Waals surface area contributed by atoms with Crippen LogP contribution in [0.3, 0.4) is 0 Å². The molecule has 0 saturated carbocycles. The number of quaternary nitrogens is 1. The molecule has 1 unspecified atom stereocenters. The van der Waals surface area contributed by atoms with E-state index < -0.39 is 0 Å². The monoisotopic (exact) mass is 440 g/mol. The number of carbonyl (C=O) groups is 1. The highest BCUT2D eigenvalue weighted by Crippen LogP contribution is 2.16. The van der Waals surface area contributed by atoms with E-state index in [0.717, 1.165) is 36.6 Å². The van der Waals surface area contributed by atoms with Gasteiger partial charge in [-0.3, -0.25) is 0 Å². The molecule has 1 atom stereocenters. The summed E-state index contributed by atoms with van der Waals surface area (Å²) in [5.74, 6) is 0. The second-order valence-electron chi connectivity index (χ2n) is 10.2. The van der Waals surface area contributed by atoms with E-state index in [4.69, 9.17) is 0 Å². The van der Waals surface area contributed by atoms with Crippen LogP contribution >= 0.6 is 0 Å². The molecule has 0 spiro atoms. The number of nitrogens with zero attached hydrogens (tertiary/aromatic N) is 1. The van der Waals surface area contributed by atoms with Crippen molar-refractivity contribution in [3.05, 3.63) is 0 Å². The summed E-state index contributed by atoms with van der Waals surface area (Å²) in [5.41, 5.74) is 0. The van der Waals surface area contributed by atoms with Gasteiger partial charge in [-0.15, -0.1) is 0 Å². The fourth-order valence-electron chi connectivity index (χ4n) is 4.73. The molecule has 0 saturated heterocycles. The van der Waals surface area contributed by atoms with Crippen LogP contribution in [0.25, 0.3) is 0 Å². The molecule has 0 amide bonds. The van der Waals surface area contributed by atoms with Crippen molar-refractivity contribution in [3.8, 4) is 0 Å². The molecule has 0 rings (SSSR count). The summed E-state index contributed by atoms with van der Waals surface area (Å²) in [6.07, 6.45) is 28.6. The Morgan fingerprint density at radius 3 is 1.29 bits per heavy atom. The fourth-order valence-corrected chi connectivity index (χ4v) is 4.73. The van der Waals surface area contributed by atoms with Gasteiger partial charge < -0.3 is 14.4 Å². The van der Waals surface area contributed by atoms with Gasteiger partial charge in [-0.25, -0.2) is 0 Å². The molecule has 1 N–H and O–H groups in total. The normalized spacial score (nSPS) is 13.4. The van der Waals surface area contributed by atoms with Crippen molar-refractivity contribution in [1.82, 2.24) is 0 Å². The Morgan fingerprint density at radius 2 is 0.903 bits per heavy atom. The zero-order chi connectivity index (χ0) is 22.9. The maximum Gasteiger partial charge on any atom is 0.119 e. The van der Waals surface area contributed by atoms with Gasteiger partial charge in [0.15, 0.2) is 0 Å². The molecule has 0 aromatic heterocycles. The summed E-state index contributed by atoms with van der Waals surface area (Å²) in [4.78, 5) is 10.4. The maximum atomic E-state index is 10.4. The minimum Gasteiger partial charge on any atom is -0.396 e. The molecular weight excluding hydrogens is 382 g/mol. The van der Waals surface area contributed by atoms with Crippen molar-refractivity contribution >= 4 is 6.29 Å². The van der Waals surface area contributed by atoms with Gasteiger partial charge in [0.1, 0.15) is 6.29 Å². The molecule has 0 heterocycles. The van der Waals surface area contributed by atoms with Gasteiger partial charge in [-0.2, -0.15) is 0 Å². The van der Waals surface area contributed by atoms with Gasteiger partial charge in [0, 0.05) is 19.4 Å². The van der Waals surface area contributed by atoms with Gasteiger partial charge in [0.05, 0.1) is 26.7 Å². The van der Waals surface area contributed by atoms with Gasteiger partial charge in [0.25, 0.3) is 0 Å². The summed E-state index contributed by atoms with van der Waals surface area (Å²) in [5, 5.41) is 9.28. The van der Waals surface area contributed by atoms with Crippen molar-refractivity contribution in [2.45, 2.75) is 142 Å². The summed E-state index contributed by atoms with van der Waals surface area (Å²) < 4.78 is 1.13. The lowest BCUT2D eigenvalue weighted by Gasteiger charge is -2.35. The van der Waals surface area contributed by atoms with Gasteiger partial charge >= 0.3 is 0 Å². The zero-order valence-corrected chi connectivity index (χ0v) is 21.6. The minimum atomic E-state index is 0.318. The standard InChI is InChI=1S/C28H58NO2/c1-3-4-5-6-7-8-9-10-11-12-13-14-17-20-24-29(2,26-23-28-31)25-21-18-15-16-19-22-27-30/h27,31H,3-26,28H2,1-2H3/q+1. The predicted octanol–water partition coefficient (Wildman–Crippen LogP) is 7.84. The van der Waals surface area contributed by atoms with E-state index in [-0.39, 0.29) is 0 Å². The molecule has 186 valence electrons. The summed E-state index contributed by atoms with van der Waals surface area (Å²) in [7, 11) is 2.39. The molecule has 0 radical (unpaired) electrons. The first-order valence-electron chi connectivity index (χ1n) is 14.1. The van der Waals surface area contributed by atoms with Crippen LogP contribution in [-0.2, 0) is 4.79 Å². The van der Waals surface area contributed by atoms with Crippen molar-refractivity contribution < 1.29 is 14.4 Å². The Morgan fingerprint density at radius 1 is 0.548 bits per heavy atom. The molecule has 0 fully saturated rings. The molecule has 0 aliphatic carbocycles. The first kappa shape index (κ1) is 30.6. The number of hydrogen-bond acceptors (Lipinski definition) is 2. The number of aliphatic hydroxyl groups is 1. The third-order valence-corrected chi connectivity index (χ3v) is 6.93. The molecule has 0 aliphatic heterocycles. The first-order valence-corrected chi connectivity index (χ1v) is 14.1. The number of hydrogen-bond donors (Lipinski definition) is 1. The van der Waals surface area contributed by atoms with Crippen LogP contribution in [0.2, 0.25) is 0 Å². The molecule has 31 heavy (non-hydrogen) atoms. The summed E-state index contributed by atoms with van der Waals surface area (Å²) in [6, 6.07) is 0. The second kappa shape index (κ2) is 24.2. The van der Waals surface area contributed by atoms with Crippen LogP contribution < -0.4 is 0 Å². The van der Waals surface area contributed by atoms with Crippen molar-refractivity contribution in [2.75, 3.05) is 33.3 Å². The maximum absolute atomic E-state index is 10.4. The number of aliphatic hydroxyl groups excluding tert-OH is 1. The van der Waals surface area contributed by atoms with E-state index in [1.165, 1.54) is 129 Å². The largest absolute Gasteiger partial charge is 0.396 e. The van der Waals surface area contributed by atoms with Crippen LogP contribution in [0.4, 0.5) is 0 Å². The average molecular weight is 441 g/mol. The summed E-state index contributed by atoms with van der Waals surface area (Å²) in [6.45, 7) is 6.23. The Hall–Kier alpha value is -0.410. The van der Waals surface area contributed by atoms with Crippen molar-refractivity contribution in [1.29, 1.82) is 0 Å². The number of carbonyl (C=O) groups excluding carboxylic acids is 1. The highest BCUT2D eigenvalue weighted by molar-refractivity contribution is 5.48. The van der Waals surface area contributed by atoms with Crippen LogP contribution in [-0.4, -0.2) is 49.2 Å². The van der Waals surface area contributed by atoms with E-state index in [1.807, 2.05) is 0 Å². The molecule has 0 aliphatic rings. The van der Waals surface area contributed by atoms with Gasteiger partial charge in [0.2, 0.25) is 0 Å². The minimum absolute atomic E-state index is 0.318. The lowest BCUT2D eigenvalue weighted by Crippen LogP contribution is -2.46. The van der Waals surface area contributed by atoms with E-state index in [1.54, 1.807) is 0 Å². The lowest BCUT2D eigenvalue weighted by atomic mass is 10.0. The fraction of sp³-hybridized carbons (Fsp3) is 0.964. The molecule has 3 heteroatoms. The smallest absolute Gasteiger partial charge is 0.119 e. The van der Waals surface area contributed by atoms with Gasteiger partial charge in [-0.05, 0) is 32.1 Å². The molecular formula is C28H58NO2+. The van der Waals surface area contributed by atoms with E-state index in [0.29, 0.717) is 6.61 Å². The quantitative estimate of drug-likeness (QED) is 0.0845. The van der Waals surface area contributed by atoms with Crippen LogP contribution in [0.1, 0.15) is 142 Å². The molecule has 0 aromatic rings. The van der Waals surface area contributed by atoms with E-state index in [9.17, 15) is 9.90 Å². The number of rotatable bonds is 26. The third-order valence-electron chi connectivity index (χ3n) is 6.93. The topological polar surface area (TPSA) is 37.3 Å². The lowest BCUT2D eigenvalue weighted by molar-refractivity contribution is -0.910. The SMILES string of the molecule is CCCCCCCCCCCCCCCC[N+](C)(CCCO)CCCCCCCC=O. The third kappa shape index (κ3) is 22.6. The van der Waals surface area contributed by atoms with Crippen LogP contribution in [0, 0.1) is 0 Å².